The Morgan fingerprint density at radius 1 is 1.04 bits per heavy atom. The topological polar surface area (TPSA) is 29.5 Å². The molecule has 0 saturated carbocycles. The summed E-state index contributed by atoms with van der Waals surface area (Å²) in [5.74, 6) is 0.784. The zero-order valence-electron chi connectivity index (χ0n) is 14.3. The van der Waals surface area contributed by atoms with E-state index in [9.17, 15) is 4.79 Å². The van der Waals surface area contributed by atoms with E-state index < -0.39 is 0 Å². The van der Waals surface area contributed by atoms with E-state index in [4.69, 9.17) is 16.3 Å². The minimum Gasteiger partial charge on any atom is -0.496 e. The number of fused-ring (bicyclic) bond motifs is 1. The van der Waals surface area contributed by atoms with E-state index in [1.165, 1.54) is 5.39 Å². The van der Waals surface area contributed by atoms with Crippen molar-refractivity contribution in [2.24, 2.45) is 0 Å². The van der Waals surface area contributed by atoms with Crippen LogP contribution in [0.1, 0.15) is 11.1 Å². The standard InChI is InChI=1S/C21H20ClNO2/c1-23(14-18-13-19(22)9-10-20(18)25-2)21(24)12-15-7-8-16-5-3-4-6-17(16)11-15/h3-11,13H,12,14H2,1-2H3. The smallest absolute Gasteiger partial charge is 0.227 e. The van der Waals surface area contributed by atoms with Crippen LogP contribution in [-0.4, -0.2) is 25.0 Å². The summed E-state index contributed by atoms with van der Waals surface area (Å²) in [5, 5.41) is 2.95. The molecule has 25 heavy (non-hydrogen) atoms. The van der Waals surface area contributed by atoms with Crippen LogP contribution in [0.15, 0.2) is 60.7 Å². The van der Waals surface area contributed by atoms with Gasteiger partial charge in [0.2, 0.25) is 5.91 Å². The van der Waals surface area contributed by atoms with Crippen LogP contribution in [-0.2, 0) is 17.8 Å². The number of halogens is 1. The Balaban J connectivity index is 1.72. The molecule has 3 aromatic rings. The van der Waals surface area contributed by atoms with Crippen LogP contribution in [0.5, 0.6) is 5.75 Å². The van der Waals surface area contributed by atoms with Crippen molar-refractivity contribution in [3.63, 3.8) is 0 Å². The third kappa shape index (κ3) is 4.12. The number of rotatable bonds is 5. The SMILES string of the molecule is COc1ccc(Cl)cc1CN(C)C(=O)Cc1ccc2ccccc2c1. The number of likely N-dealkylation sites (N-methyl/N-ethyl adjacent to an activating group) is 1. The maximum absolute atomic E-state index is 12.6. The second-order valence-electron chi connectivity index (χ2n) is 6.06. The molecule has 0 heterocycles. The Morgan fingerprint density at radius 2 is 1.80 bits per heavy atom. The van der Waals surface area contributed by atoms with Gasteiger partial charge in [0, 0.05) is 24.2 Å². The van der Waals surface area contributed by atoms with Gasteiger partial charge in [0.05, 0.1) is 13.5 Å². The molecule has 0 atom stereocenters. The molecule has 4 heteroatoms. The minimum atomic E-state index is 0.0531. The Labute approximate surface area is 152 Å². The zero-order valence-corrected chi connectivity index (χ0v) is 15.1. The van der Waals surface area contributed by atoms with Crippen LogP contribution in [0.3, 0.4) is 0 Å². The van der Waals surface area contributed by atoms with Gasteiger partial charge in [0.25, 0.3) is 0 Å². The van der Waals surface area contributed by atoms with E-state index in [0.717, 1.165) is 22.3 Å². The van der Waals surface area contributed by atoms with Gasteiger partial charge in [-0.1, -0.05) is 54.1 Å². The third-order valence-corrected chi connectivity index (χ3v) is 4.48. The second kappa shape index (κ2) is 7.58. The summed E-state index contributed by atoms with van der Waals surface area (Å²) in [6.07, 6.45) is 0.365. The number of benzene rings is 3. The molecule has 0 N–H and O–H groups in total. The maximum atomic E-state index is 12.6. The quantitative estimate of drug-likeness (QED) is 0.665. The number of ether oxygens (including phenoxy) is 1. The van der Waals surface area contributed by atoms with Gasteiger partial charge in [-0.15, -0.1) is 0 Å². The molecular formula is C21H20ClNO2. The first-order valence-electron chi connectivity index (χ1n) is 8.11. The average Bonchev–Trinajstić information content (AvgIpc) is 2.61. The number of nitrogens with zero attached hydrogens (tertiary/aromatic N) is 1. The van der Waals surface area contributed by atoms with Crippen LogP contribution < -0.4 is 4.74 Å². The lowest BCUT2D eigenvalue weighted by molar-refractivity contribution is -0.129. The number of hydrogen-bond acceptors (Lipinski definition) is 2. The molecule has 0 aliphatic carbocycles. The van der Waals surface area contributed by atoms with Gasteiger partial charge in [-0.2, -0.15) is 0 Å². The highest BCUT2D eigenvalue weighted by Gasteiger charge is 2.13. The highest BCUT2D eigenvalue weighted by Crippen LogP contribution is 2.24. The van der Waals surface area contributed by atoms with Gasteiger partial charge in [-0.3, -0.25) is 4.79 Å². The number of amides is 1. The molecular weight excluding hydrogens is 334 g/mol. The first-order chi connectivity index (χ1) is 12.1. The summed E-state index contributed by atoms with van der Waals surface area (Å²) in [5.41, 5.74) is 1.90. The van der Waals surface area contributed by atoms with Gasteiger partial charge in [0.15, 0.2) is 0 Å². The predicted molar refractivity (Wildman–Crippen MR) is 102 cm³/mol. The van der Waals surface area contributed by atoms with Gasteiger partial charge in [-0.05, 0) is 34.5 Å². The van der Waals surface area contributed by atoms with Crippen LogP contribution in [0.2, 0.25) is 5.02 Å². The van der Waals surface area contributed by atoms with Crippen molar-refractivity contribution in [1.29, 1.82) is 0 Å². The second-order valence-corrected chi connectivity index (χ2v) is 6.50. The van der Waals surface area contributed by atoms with Crippen molar-refractivity contribution in [1.82, 2.24) is 4.90 Å². The summed E-state index contributed by atoms with van der Waals surface area (Å²) in [6, 6.07) is 19.7. The number of carbonyl (C=O) groups excluding carboxylic acids is 1. The van der Waals surface area contributed by atoms with Gasteiger partial charge < -0.3 is 9.64 Å². The molecule has 128 valence electrons. The summed E-state index contributed by atoms with van der Waals surface area (Å²) in [7, 11) is 3.41. The Hall–Kier alpha value is -2.52. The fraction of sp³-hybridized carbons (Fsp3) is 0.190. The Kier molecular flexibility index (Phi) is 5.25. The van der Waals surface area contributed by atoms with Gasteiger partial charge >= 0.3 is 0 Å². The van der Waals surface area contributed by atoms with Crippen molar-refractivity contribution in [2.75, 3.05) is 14.2 Å². The molecule has 0 saturated heterocycles. The lowest BCUT2D eigenvalue weighted by Crippen LogP contribution is -2.27. The highest BCUT2D eigenvalue weighted by atomic mass is 35.5. The lowest BCUT2D eigenvalue weighted by atomic mass is 10.0. The first-order valence-corrected chi connectivity index (χ1v) is 8.48. The van der Waals surface area contributed by atoms with E-state index in [1.54, 1.807) is 25.1 Å². The van der Waals surface area contributed by atoms with Crippen LogP contribution >= 0.6 is 11.6 Å². The fourth-order valence-corrected chi connectivity index (χ4v) is 3.07. The monoisotopic (exact) mass is 353 g/mol. The van der Waals surface area contributed by atoms with Crippen molar-refractivity contribution in [3.05, 3.63) is 76.8 Å². The van der Waals surface area contributed by atoms with Crippen molar-refractivity contribution in [3.8, 4) is 5.75 Å². The summed E-state index contributed by atoms with van der Waals surface area (Å²) in [4.78, 5) is 14.3. The lowest BCUT2D eigenvalue weighted by Gasteiger charge is -2.19. The number of hydrogen-bond donors (Lipinski definition) is 0. The number of carbonyl (C=O) groups is 1. The first kappa shape index (κ1) is 17.3. The molecule has 0 aliphatic rings. The molecule has 1 amide bonds. The van der Waals surface area contributed by atoms with Crippen LogP contribution in [0.25, 0.3) is 10.8 Å². The van der Waals surface area contributed by atoms with Crippen molar-refractivity contribution >= 4 is 28.3 Å². The number of methoxy groups -OCH3 is 1. The van der Waals surface area contributed by atoms with E-state index >= 15 is 0 Å². The minimum absolute atomic E-state index is 0.0531. The average molecular weight is 354 g/mol. The molecule has 3 rings (SSSR count). The zero-order chi connectivity index (χ0) is 17.8. The molecule has 0 unspecified atom stereocenters. The van der Waals surface area contributed by atoms with E-state index in [2.05, 4.69) is 24.3 Å². The Morgan fingerprint density at radius 3 is 2.56 bits per heavy atom. The molecule has 0 spiro atoms. The Bertz CT molecular complexity index is 907. The van der Waals surface area contributed by atoms with Crippen LogP contribution in [0, 0.1) is 0 Å². The molecule has 0 bridgehead atoms. The van der Waals surface area contributed by atoms with Gasteiger partial charge in [-0.25, -0.2) is 0 Å². The van der Waals surface area contributed by atoms with Gasteiger partial charge in [0.1, 0.15) is 5.75 Å². The van der Waals surface area contributed by atoms with Crippen LogP contribution in [0.4, 0.5) is 0 Å². The van der Waals surface area contributed by atoms with E-state index in [1.807, 2.05) is 30.3 Å². The normalized spacial score (nSPS) is 10.7. The van der Waals surface area contributed by atoms with E-state index in [-0.39, 0.29) is 5.91 Å². The summed E-state index contributed by atoms with van der Waals surface area (Å²) in [6.45, 7) is 0.455. The molecule has 0 aliphatic heterocycles. The van der Waals surface area contributed by atoms with Crippen molar-refractivity contribution < 1.29 is 9.53 Å². The molecule has 0 radical (unpaired) electrons. The summed E-state index contributed by atoms with van der Waals surface area (Å²) >= 11 is 6.06. The molecule has 3 nitrogen and oxygen atoms in total. The van der Waals surface area contributed by atoms with Crippen molar-refractivity contribution in [2.45, 2.75) is 13.0 Å². The highest BCUT2D eigenvalue weighted by molar-refractivity contribution is 6.30. The summed E-state index contributed by atoms with van der Waals surface area (Å²) < 4.78 is 5.35. The molecule has 0 aromatic heterocycles. The predicted octanol–water partition coefficient (Wildman–Crippen LogP) is 4.70. The largest absolute Gasteiger partial charge is 0.496 e. The maximum Gasteiger partial charge on any atom is 0.227 e. The fourth-order valence-electron chi connectivity index (χ4n) is 2.87. The molecule has 0 fully saturated rings. The molecule has 3 aromatic carbocycles. The third-order valence-electron chi connectivity index (χ3n) is 4.24. The van der Waals surface area contributed by atoms with E-state index in [0.29, 0.717) is 18.0 Å².